The summed E-state index contributed by atoms with van der Waals surface area (Å²) < 4.78 is 16.4. The third kappa shape index (κ3) is 6.05. The van der Waals surface area contributed by atoms with E-state index in [1.807, 2.05) is 52.0 Å². The molecule has 0 fully saturated rings. The number of ether oxygens (including phenoxy) is 3. The second kappa shape index (κ2) is 12.2. The topological polar surface area (TPSA) is 94.2 Å². The predicted octanol–water partition coefficient (Wildman–Crippen LogP) is 5.42. The highest BCUT2D eigenvalue weighted by Gasteiger charge is 2.33. The molecule has 1 N–H and O–H groups in total. The number of amides is 2. The van der Waals surface area contributed by atoms with E-state index in [0.717, 1.165) is 16.7 Å². The molecule has 1 aliphatic heterocycles. The lowest BCUT2D eigenvalue weighted by Crippen LogP contribution is -2.35. The normalized spacial score (nSPS) is 12.6. The molecule has 1 heterocycles. The molecule has 0 aromatic heterocycles. The van der Waals surface area contributed by atoms with E-state index in [0.29, 0.717) is 54.2 Å². The van der Waals surface area contributed by atoms with Gasteiger partial charge in [0.1, 0.15) is 18.1 Å². The van der Waals surface area contributed by atoms with Gasteiger partial charge in [-0.1, -0.05) is 29.8 Å². The smallest absolute Gasteiger partial charge is 0.341 e. The molecule has 0 radical (unpaired) electrons. The molecule has 2 amide bonds. The number of rotatable bonds is 10. The van der Waals surface area contributed by atoms with Gasteiger partial charge in [0.2, 0.25) is 0 Å². The molecule has 0 aliphatic carbocycles. The van der Waals surface area contributed by atoms with Gasteiger partial charge in [0, 0.05) is 30.6 Å². The molecule has 0 atom stereocenters. The van der Waals surface area contributed by atoms with Crippen molar-refractivity contribution in [2.24, 2.45) is 0 Å². The fourth-order valence-corrected chi connectivity index (χ4v) is 4.24. The van der Waals surface area contributed by atoms with Crippen molar-refractivity contribution in [3.8, 4) is 11.5 Å². The van der Waals surface area contributed by atoms with Gasteiger partial charge < -0.3 is 24.4 Å². The number of benzene rings is 2. The zero-order chi connectivity index (χ0) is 26.2. The number of urea groups is 1. The molecule has 0 spiro atoms. The Balaban J connectivity index is 1.85. The number of carbonyl (C=O) groups excluding carboxylic acids is 3. The molecule has 2 aromatic rings. The number of carbonyl (C=O) groups is 3. The van der Waals surface area contributed by atoms with Crippen molar-refractivity contribution in [3.63, 3.8) is 0 Å². The number of hydrogen-bond acceptors (Lipinski definition) is 6. The van der Waals surface area contributed by atoms with Crippen LogP contribution >= 0.6 is 0 Å². The fourth-order valence-electron chi connectivity index (χ4n) is 4.24. The summed E-state index contributed by atoms with van der Waals surface area (Å²) in [6, 6.07) is 8.67. The monoisotopic (exact) mass is 494 g/mol. The van der Waals surface area contributed by atoms with E-state index in [1.54, 1.807) is 24.1 Å². The molecule has 192 valence electrons. The molecule has 0 bridgehead atoms. The molecule has 36 heavy (non-hydrogen) atoms. The van der Waals surface area contributed by atoms with Crippen LogP contribution in [-0.2, 0) is 22.6 Å². The number of fused-ring (bicyclic) bond motifs is 1. The molecule has 8 nitrogen and oxygen atoms in total. The maximum Gasteiger partial charge on any atom is 0.341 e. The number of methoxy groups -OCH3 is 1. The summed E-state index contributed by atoms with van der Waals surface area (Å²) in [5.41, 5.74) is 4.00. The first-order valence-corrected chi connectivity index (χ1v) is 12.2. The lowest BCUT2D eigenvalue weighted by molar-refractivity contribution is -0.134. The second-order valence-corrected chi connectivity index (χ2v) is 8.59. The minimum absolute atomic E-state index is 0.142. The lowest BCUT2D eigenvalue weighted by Gasteiger charge is -2.23. The van der Waals surface area contributed by atoms with E-state index in [2.05, 4.69) is 5.32 Å². The number of para-hydroxylation sites is 1. The Morgan fingerprint density at radius 2 is 1.83 bits per heavy atom. The van der Waals surface area contributed by atoms with E-state index < -0.39 is 5.97 Å². The number of nitrogens with one attached hydrogen (secondary N) is 1. The Labute approximate surface area is 212 Å². The van der Waals surface area contributed by atoms with Crippen LogP contribution < -0.4 is 14.8 Å². The summed E-state index contributed by atoms with van der Waals surface area (Å²) in [4.78, 5) is 39.5. The number of anilines is 1. The van der Waals surface area contributed by atoms with Gasteiger partial charge in [0.25, 0.3) is 0 Å². The quantitative estimate of drug-likeness (QED) is 0.269. The molecule has 0 unspecified atom stereocenters. The number of nitrogens with zero attached hydrogens (tertiary/aromatic N) is 1. The predicted molar refractivity (Wildman–Crippen MR) is 138 cm³/mol. The summed E-state index contributed by atoms with van der Waals surface area (Å²) >= 11 is 0. The van der Waals surface area contributed by atoms with Crippen molar-refractivity contribution in [1.29, 1.82) is 0 Å². The number of hydrogen-bond donors (Lipinski definition) is 1. The first-order valence-electron chi connectivity index (χ1n) is 12.2. The van der Waals surface area contributed by atoms with Crippen molar-refractivity contribution in [1.82, 2.24) is 4.90 Å². The summed E-state index contributed by atoms with van der Waals surface area (Å²) in [6.45, 7) is 8.82. The maximum atomic E-state index is 12.9. The van der Waals surface area contributed by atoms with Crippen LogP contribution in [0.1, 0.15) is 60.7 Å². The first kappa shape index (κ1) is 26.8. The summed E-state index contributed by atoms with van der Waals surface area (Å²) in [7, 11) is 1.57. The van der Waals surface area contributed by atoms with Gasteiger partial charge in [0.15, 0.2) is 0 Å². The molecule has 0 saturated heterocycles. The number of allylic oxidation sites excluding steroid dienone is 2. The zero-order valence-electron chi connectivity index (χ0n) is 21.6. The van der Waals surface area contributed by atoms with Crippen molar-refractivity contribution in [2.75, 3.05) is 25.5 Å². The Hall–Kier alpha value is -3.81. The zero-order valence-corrected chi connectivity index (χ0v) is 21.6. The van der Waals surface area contributed by atoms with Crippen LogP contribution in [0.2, 0.25) is 0 Å². The van der Waals surface area contributed by atoms with Gasteiger partial charge in [0.05, 0.1) is 18.4 Å². The molecule has 1 aliphatic rings. The van der Waals surface area contributed by atoms with Gasteiger partial charge in [-0.05, 0) is 58.2 Å². The van der Waals surface area contributed by atoms with Gasteiger partial charge >= 0.3 is 18.0 Å². The van der Waals surface area contributed by atoms with E-state index >= 15 is 0 Å². The SMILES string of the molecule is CCN(CC)C(=O)Nc1c(CC=C(C)CCC(=O)Oc2ccccc2)c(OC)c(C)c2c1C(=O)OC2. The third-order valence-corrected chi connectivity index (χ3v) is 6.31. The highest BCUT2D eigenvalue weighted by atomic mass is 16.5. The fraction of sp³-hybridized carbons (Fsp3) is 0.393. The minimum Gasteiger partial charge on any atom is -0.496 e. The average Bonchev–Trinajstić information content (AvgIpc) is 3.26. The lowest BCUT2D eigenvalue weighted by atomic mass is 9.93. The van der Waals surface area contributed by atoms with Gasteiger partial charge in [-0.3, -0.25) is 4.79 Å². The van der Waals surface area contributed by atoms with Crippen LogP contribution in [0.5, 0.6) is 11.5 Å². The Bertz CT molecular complexity index is 1150. The maximum absolute atomic E-state index is 12.9. The van der Waals surface area contributed by atoms with Gasteiger partial charge in [-0.25, -0.2) is 9.59 Å². The van der Waals surface area contributed by atoms with Crippen molar-refractivity contribution in [2.45, 2.75) is 53.6 Å². The second-order valence-electron chi connectivity index (χ2n) is 8.59. The average molecular weight is 495 g/mol. The van der Waals surface area contributed by atoms with E-state index in [-0.39, 0.29) is 25.0 Å². The molecule has 8 heteroatoms. The molecule has 3 rings (SSSR count). The largest absolute Gasteiger partial charge is 0.496 e. The van der Waals surface area contributed by atoms with Crippen molar-refractivity contribution >= 4 is 23.7 Å². The number of cyclic esters (lactones) is 1. The standard InChI is InChI=1S/C28H34N2O6/c1-6-30(7-2)28(33)29-25-21(26(34-5)19(4)22-17-35-27(32)24(22)25)15-13-18(3)14-16-23(31)36-20-11-9-8-10-12-20/h8-13H,6-7,14-17H2,1-5H3,(H,29,33). The van der Waals surface area contributed by atoms with Crippen LogP contribution in [-0.4, -0.2) is 43.1 Å². The van der Waals surface area contributed by atoms with Crippen molar-refractivity contribution in [3.05, 3.63) is 64.2 Å². The Morgan fingerprint density at radius 3 is 2.47 bits per heavy atom. The minimum atomic E-state index is -0.462. The van der Waals surface area contributed by atoms with E-state index in [1.165, 1.54) is 0 Å². The van der Waals surface area contributed by atoms with Crippen molar-refractivity contribution < 1.29 is 28.6 Å². The van der Waals surface area contributed by atoms with Crippen LogP contribution in [0.15, 0.2) is 42.0 Å². The Morgan fingerprint density at radius 1 is 1.14 bits per heavy atom. The first-order chi connectivity index (χ1) is 17.3. The summed E-state index contributed by atoms with van der Waals surface area (Å²) in [5.74, 6) is 0.350. The summed E-state index contributed by atoms with van der Waals surface area (Å²) in [6.07, 6.45) is 3.13. The van der Waals surface area contributed by atoms with Crippen LogP contribution in [0.4, 0.5) is 10.5 Å². The van der Waals surface area contributed by atoms with Crippen LogP contribution in [0, 0.1) is 6.92 Å². The highest BCUT2D eigenvalue weighted by Crippen LogP contribution is 2.41. The third-order valence-electron chi connectivity index (χ3n) is 6.31. The molecule has 0 saturated carbocycles. The molecular formula is C28H34N2O6. The van der Waals surface area contributed by atoms with Gasteiger partial charge in [-0.2, -0.15) is 0 Å². The van der Waals surface area contributed by atoms with E-state index in [9.17, 15) is 14.4 Å². The van der Waals surface area contributed by atoms with E-state index in [4.69, 9.17) is 14.2 Å². The van der Waals surface area contributed by atoms with Crippen LogP contribution in [0.25, 0.3) is 0 Å². The molecular weight excluding hydrogens is 460 g/mol. The summed E-state index contributed by atoms with van der Waals surface area (Å²) in [5, 5.41) is 2.95. The number of esters is 2. The van der Waals surface area contributed by atoms with Crippen LogP contribution in [0.3, 0.4) is 0 Å². The molecule has 2 aromatic carbocycles. The van der Waals surface area contributed by atoms with Gasteiger partial charge in [-0.15, -0.1) is 0 Å². The highest BCUT2D eigenvalue weighted by molar-refractivity contribution is 6.05. The Kier molecular flexibility index (Phi) is 9.11.